The first-order valence-electron chi connectivity index (χ1n) is 10.8. The number of rotatable bonds is 10. The predicted octanol–water partition coefficient (Wildman–Crippen LogP) is 3.93. The van der Waals surface area contributed by atoms with E-state index in [0.29, 0.717) is 24.3 Å². The van der Waals surface area contributed by atoms with E-state index in [-0.39, 0.29) is 45.1 Å². The normalized spacial score (nSPS) is 13.5. The summed E-state index contributed by atoms with van der Waals surface area (Å²) in [5, 5.41) is 13.0. The van der Waals surface area contributed by atoms with Crippen molar-refractivity contribution in [2.45, 2.75) is 49.4 Å². The number of carboxylic acid groups (broad SMARTS) is 1. The third-order valence-corrected chi connectivity index (χ3v) is 7.92. The van der Waals surface area contributed by atoms with Gasteiger partial charge in [0.2, 0.25) is 11.8 Å². The molecule has 0 atom stereocenters. The summed E-state index contributed by atoms with van der Waals surface area (Å²) >= 11 is 1.11. The fraction of sp³-hybridized carbons (Fsp3) is 0.304. The number of carboxylic acids is 1. The molecule has 0 spiro atoms. The number of amides is 1. The van der Waals surface area contributed by atoms with E-state index in [1.54, 1.807) is 5.38 Å². The number of thiazole rings is 1. The van der Waals surface area contributed by atoms with Crippen LogP contribution in [0.25, 0.3) is 0 Å². The molecule has 1 saturated carbocycles. The molecule has 2 heterocycles. The molecular formula is C23H23N3O7S2. The topological polar surface area (TPSA) is 145 Å². The van der Waals surface area contributed by atoms with Crippen molar-refractivity contribution in [2.24, 2.45) is 0 Å². The van der Waals surface area contributed by atoms with Crippen molar-refractivity contribution in [1.29, 1.82) is 0 Å². The van der Waals surface area contributed by atoms with Gasteiger partial charge in [0, 0.05) is 17.5 Å². The van der Waals surface area contributed by atoms with Gasteiger partial charge in [0.1, 0.15) is 5.75 Å². The highest BCUT2D eigenvalue weighted by Crippen LogP contribution is 2.34. The molecule has 3 aromatic rings. The summed E-state index contributed by atoms with van der Waals surface area (Å²) in [4.78, 5) is 32.3. The van der Waals surface area contributed by atoms with Crippen LogP contribution < -0.4 is 14.8 Å². The molecular weight excluding hydrogens is 494 g/mol. The summed E-state index contributed by atoms with van der Waals surface area (Å²) in [5.41, 5.74) is 0.529. The van der Waals surface area contributed by atoms with E-state index in [2.05, 4.69) is 15.3 Å². The van der Waals surface area contributed by atoms with Crippen molar-refractivity contribution in [3.05, 3.63) is 53.0 Å². The van der Waals surface area contributed by atoms with Crippen molar-refractivity contribution in [1.82, 2.24) is 9.97 Å². The number of sulfone groups is 1. The van der Waals surface area contributed by atoms with Crippen LogP contribution in [0, 0.1) is 0 Å². The van der Waals surface area contributed by atoms with E-state index in [4.69, 9.17) is 14.6 Å². The fourth-order valence-electron chi connectivity index (χ4n) is 3.12. The van der Waals surface area contributed by atoms with E-state index in [0.717, 1.165) is 11.3 Å². The van der Waals surface area contributed by atoms with Gasteiger partial charge in [-0.3, -0.25) is 14.9 Å². The molecule has 35 heavy (non-hydrogen) atoms. The SMILES string of the molecule is CC(C)Oc1cc(C(=O)Nc2nc(CC(=O)O)cs2)cc(Oc2ccc(S(=O)(=O)C3CC3)cc2)n1. The van der Waals surface area contributed by atoms with Gasteiger partial charge in [-0.15, -0.1) is 11.3 Å². The number of aromatic nitrogens is 2. The van der Waals surface area contributed by atoms with Crippen LogP contribution in [0.1, 0.15) is 42.7 Å². The standard InChI is InChI=1S/C23H23N3O7S2/c1-13(2)32-19-9-14(22(29)26-23-24-15(12-34-23)11-21(27)28)10-20(25-19)33-16-3-5-17(6-4-16)35(30,31)18-7-8-18/h3-6,9-10,12-13,18H,7-8,11H2,1-2H3,(H,27,28)(H,24,26,29). The molecule has 1 aliphatic rings. The number of pyridine rings is 1. The van der Waals surface area contributed by atoms with Gasteiger partial charge in [-0.1, -0.05) is 0 Å². The van der Waals surface area contributed by atoms with Crippen molar-refractivity contribution >= 4 is 38.2 Å². The van der Waals surface area contributed by atoms with E-state index < -0.39 is 21.7 Å². The number of carbonyl (C=O) groups excluding carboxylic acids is 1. The van der Waals surface area contributed by atoms with Crippen LogP contribution in [0.5, 0.6) is 17.5 Å². The molecule has 2 aromatic heterocycles. The molecule has 4 rings (SSSR count). The van der Waals surface area contributed by atoms with E-state index in [1.807, 2.05) is 13.8 Å². The summed E-state index contributed by atoms with van der Waals surface area (Å²) < 4.78 is 36.2. The lowest BCUT2D eigenvalue weighted by molar-refractivity contribution is -0.136. The minimum atomic E-state index is -3.31. The number of nitrogens with one attached hydrogen (secondary N) is 1. The molecule has 0 aliphatic heterocycles. The molecule has 0 unspecified atom stereocenters. The zero-order chi connectivity index (χ0) is 25.2. The second-order valence-electron chi connectivity index (χ2n) is 8.19. The Balaban J connectivity index is 1.54. The lowest BCUT2D eigenvalue weighted by Gasteiger charge is -2.13. The third-order valence-electron chi connectivity index (χ3n) is 4.84. The van der Waals surface area contributed by atoms with Crippen molar-refractivity contribution in [3.8, 4) is 17.5 Å². The lowest BCUT2D eigenvalue weighted by atomic mass is 10.2. The van der Waals surface area contributed by atoms with Crippen molar-refractivity contribution < 1.29 is 32.6 Å². The maximum absolute atomic E-state index is 12.8. The molecule has 0 radical (unpaired) electrons. The molecule has 10 nitrogen and oxygen atoms in total. The van der Waals surface area contributed by atoms with Gasteiger partial charge >= 0.3 is 5.97 Å². The summed E-state index contributed by atoms with van der Waals surface area (Å²) in [6.45, 7) is 3.63. The van der Waals surface area contributed by atoms with Gasteiger partial charge in [0.25, 0.3) is 5.91 Å². The Kier molecular flexibility index (Phi) is 7.03. The van der Waals surface area contributed by atoms with Crippen LogP contribution in [-0.2, 0) is 21.1 Å². The van der Waals surface area contributed by atoms with Gasteiger partial charge in [0.05, 0.1) is 33.9 Å². The average molecular weight is 518 g/mol. The monoisotopic (exact) mass is 517 g/mol. The first-order valence-corrected chi connectivity index (χ1v) is 13.2. The second-order valence-corrected chi connectivity index (χ2v) is 11.3. The number of ether oxygens (including phenoxy) is 2. The molecule has 1 fully saturated rings. The lowest BCUT2D eigenvalue weighted by Crippen LogP contribution is -2.14. The number of aliphatic carboxylic acids is 1. The highest BCUT2D eigenvalue weighted by molar-refractivity contribution is 7.92. The van der Waals surface area contributed by atoms with E-state index in [9.17, 15) is 18.0 Å². The summed E-state index contributed by atoms with van der Waals surface area (Å²) in [6, 6.07) is 8.92. The van der Waals surface area contributed by atoms with Gasteiger partial charge in [-0.2, -0.15) is 4.98 Å². The van der Waals surface area contributed by atoms with Gasteiger partial charge in [0.15, 0.2) is 15.0 Å². The van der Waals surface area contributed by atoms with Gasteiger partial charge < -0.3 is 14.6 Å². The van der Waals surface area contributed by atoms with Crippen molar-refractivity contribution in [3.63, 3.8) is 0 Å². The Morgan fingerprint density at radius 1 is 1.14 bits per heavy atom. The van der Waals surface area contributed by atoms with Crippen LogP contribution in [0.3, 0.4) is 0 Å². The molecule has 1 aromatic carbocycles. The Hall–Kier alpha value is -3.51. The maximum atomic E-state index is 12.8. The smallest absolute Gasteiger partial charge is 0.309 e. The van der Waals surface area contributed by atoms with Crippen LogP contribution >= 0.6 is 11.3 Å². The van der Waals surface area contributed by atoms with Crippen molar-refractivity contribution in [2.75, 3.05) is 5.32 Å². The molecule has 1 amide bonds. The summed E-state index contributed by atoms with van der Waals surface area (Å²) in [5.74, 6) is -0.928. The maximum Gasteiger partial charge on any atom is 0.309 e. The Morgan fingerprint density at radius 3 is 2.46 bits per heavy atom. The Morgan fingerprint density at radius 2 is 1.83 bits per heavy atom. The molecule has 184 valence electrons. The number of nitrogens with zero attached hydrogens (tertiary/aromatic N) is 2. The largest absolute Gasteiger partial charge is 0.481 e. The summed E-state index contributed by atoms with van der Waals surface area (Å²) in [7, 11) is -3.31. The van der Waals surface area contributed by atoms with E-state index >= 15 is 0 Å². The molecule has 0 bridgehead atoms. The second kappa shape index (κ2) is 10.0. The minimum absolute atomic E-state index is 0.0804. The highest BCUT2D eigenvalue weighted by atomic mass is 32.2. The predicted molar refractivity (Wildman–Crippen MR) is 128 cm³/mol. The number of benzene rings is 1. The van der Waals surface area contributed by atoms with Crippen LogP contribution in [0.2, 0.25) is 0 Å². The third kappa shape index (κ3) is 6.34. The van der Waals surface area contributed by atoms with Crippen LogP contribution in [0.15, 0.2) is 46.7 Å². The molecule has 1 aliphatic carbocycles. The van der Waals surface area contributed by atoms with E-state index in [1.165, 1.54) is 36.4 Å². The first-order chi connectivity index (χ1) is 16.6. The highest BCUT2D eigenvalue weighted by Gasteiger charge is 2.36. The molecule has 12 heteroatoms. The number of hydrogen-bond acceptors (Lipinski definition) is 9. The average Bonchev–Trinajstić information content (AvgIpc) is 3.56. The molecule has 0 saturated heterocycles. The number of anilines is 1. The fourth-order valence-corrected chi connectivity index (χ4v) is 5.49. The summed E-state index contributed by atoms with van der Waals surface area (Å²) in [6.07, 6.45) is 0.907. The van der Waals surface area contributed by atoms with Gasteiger partial charge in [-0.05, 0) is 51.0 Å². The minimum Gasteiger partial charge on any atom is -0.481 e. The zero-order valence-corrected chi connectivity index (χ0v) is 20.6. The molecule has 2 N–H and O–H groups in total. The number of hydrogen-bond donors (Lipinski definition) is 2. The van der Waals surface area contributed by atoms with Crippen LogP contribution in [0.4, 0.5) is 5.13 Å². The van der Waals surface area contributed by atoms with Crippen LogP contribution in [-0.4, -0.2) is 46.7 Å². The quantitative estimate of drug-likeness (QED) is 0.408. The Bertz CT molecular complexity index is 1350. The zero-order valence-electron chi connectivity index (χ0n) is 18.9. The van der Waals surface area contributed by atoms with Gasteiger partial charge in [-0.25, -0.2) is 13.4 Å². The Labute approximate surface area is 205 Å². The number of carbonyl (C=O) groups is 2. The first kappa shape index (κ1) is 24.6.